The zero-order valence-corrected chi connectivity index (χ0v) is 14.1. The van der Waals surface area contributed by atoms with E-state index in [1.807, 2.05) is 6.07 Å². The van der Waals surface area contributed by atoms with Gasteiger partial charge in [0.05, 0.1) is 5.69 Å². The Labute approximate surface area is 128 Å². The number of nitrogens with zero attached hydrogens (tertiary/aromatic N) is 1. The van der Waals surface area contributed by atoms with E-state index in [1.54, 1.807) is 4.90 Å². The number of rotatable bonds is 1. The summed E-state index contributed by atoms with van der Waals surface area (Å²) in [7, 11) is 0. The molecule has 3 nitrogen and oxygen atoms in total. The van der Waals surface area contributed by atoms with Gasteiger partial charge in [-0.15, -0.1) is 0 Å². The molecule has 1 heterocycles. The van der Waals surface area contributed by atoms with Crippen LogP contribution in [-0.2, 0) is 15.6 Å². The number of phenolic OH excluding ortho intramolecular Hbond substituents is 1. The van der Waals surface area contributed by atoms with Crippen molar-refractivity contribution in [2.75, 3.05) is 11.4 Å². The van der Waals surface area contributed by atoms with Crippen LogP contribution < -0.4 is 4.90 Å². The smallest absolute Gasteiger partial charge is 0.227 e. The predicted octanol–water partition coefficient (Wildman–Crippen LogP) is 4.11. The Balaban J connectivity index is 2.66. The van der Waals surface area contributed by atoms with Crippen molar-refractivity contribution >= 4 is 11.6 Å². The number of amides is 1. The van der Waals surface area contributed by atoms with E-state index in [0.29, 0.717) is 18.7 Å². The third-order valence-electron chi connectivity index (χ3n) is 4.13. The molecule has 1 N–H and O–H groups in total. The molecule has 1 amide bonds. The molecular formula is C18H27NO2. The van der Waals surface area contributed by atoms with Crippen molar-refractivity contribution in [3.8, 4) is 5.75 Å². The van der Waals surface area contributed by atoms with Crippen LogP contribution in [0.4, 0.5) is 5.69 Å². The molecule has 0 atom stereocenters. The molecule has 3 heteroatoms. The molecule has 21 heavy (non-hydrogen) atoms. The highest BCUT2D eigenvalue weighted by atomic mass is 16.3. The standard InChI is InChI=1S/C18H27NO2/c1-17(2,3)12-10-13(18(4,5)6)16(21)14(11-12)19-9-7-8-15(19)20/h10-11,21H,7-9H2,1-6H3. The van der Waals surface area contributed by atoms with Crippen molar-refractivity contribution in [2.45, 2.75) is 65.2 Å². The summed E-state index contributed by atoms with van der Waals surface area (Å²) in [6.45, 7) is 13.4. The normalized spacial score (nSPS) is 16.7. The summed E-state index contributed by atoms with van der Waals surface area (Å²) < 4.78 is 0. The van der Waals surface area contributed by atoms with Crippen molar-refractivity contribution in [3.05, 3.63) is 23.3 Å². The summed E-state index contributed by atoms with van der Waals surface area (Å²) >= 11 is 0. The van der Waals surface area contributed by atoms with Gasteiger partial charge in [-0.3, -0.25) is 4.79 Å². The fourth-order valence-corrected chi connectivity index (χ4v) is 2.73. The summed E-state index contributed by atoms with van der Waals surface area (Å²) in [6, 6.07) is 4.06. The molecule has 0 bridgehead atoms. The second kappa shape index (κ2) is 5.04. The Kier molecular flexibility index (Phi) is 3.81. The number of aromatic hydroxyl groups is 1. The van der Waals surface area contributed by atoms with Crippen molar-refractivity contribution in [2.24, 2.45) is 0 Å². The number of benzene rings is 1. The number of carbonyl (C=O) groups is 1. The van der Waals surface area contributed by atoms with Crippen LogP contribution in [0.1, 0.15) is 65.5 Å². The van der Waals surface area contributed by atoms with Gasteiger partial charge in [-0.2, -0.15) is 0 Å². The molecule has 2 rings (SSSR count). The average molecular weight is 289 g/mol. The van der Waals surface area contributed by atoms with Gasteiger partial charge in [0.25, 0.3) is 0 Å². The first-order valence-corrected chi connectivity index (χ1v) is 7.70. The summed E-state index contributed by atoms with van der Waals surface area (Å²) in [5, 5.41) is 10.7. The third-order valence-corrected chi connectivity index (χ3v) is 4.13. The number of hydrogen-bond donors (Lipinski definition) is 1. The maximum atomic E-state index is 12.1. The molecule has 0 spiro atoms. The van der Waals surface area contributed by atoms with Gasteiger partial charge >= 0.3 is 0 Å². The van der Waals surface area contributed by atoms with E-state index in [-0.39, 0.29) is 22.5 Å². The van der Waals surface area contributed by atoms with Crippen molar-refractivity contribution in [3.63, 3.8) is 0 Å². The van der Waals surface area contributed by atoms with Crippen LogP contribution >= 0.6 is 0 Å². The second-order valence-corrected chi connectivity index (χ2v) is 8.04. The van der Waals surface area contributed by atoms with Crippen LogP contribution in [-0.4, -0.2) is 17.6 Å². The molecule has 0 aromatic heterocycles. The minimum absolute atomic E-state index is 0.0226. The SMILES string of the molecule is CC(C)(C)c1cc(N2CCCC2=O)c(O)c(C(C)(C)C)c1. The van der Waals surface area contributed by atoms with E-state index in [1.165, 1.54) is 0 Å². The van der Waals surface area contributed by atoms with Crippen molar-refractivity contribution in [1.29, 1.82) is 0 Å². The first kappa shape index (κ1) is 15.9. The highest BCUT2D eigenvalue weighted by Gasteiger charge is 2.30. The minimum atomic E-state index is -0.164. The molecule has 0 saturated carbocycles. The molecule has 1 aliphatic heterocycles. The lowest BCUT2D eigenvalue weighted by molar-refractivity contribution is -0.117. The van der Waals surface area contributed by atoms with Gasteiger partial charge in [0.2, 0.25) is 5.91 Å². The van der Waals surface area contributed by atoms with Crippen LogP contribution in [0.25, 0.3) is 0 Å². The lowest BCUT2D eigenvalue weighted by Crippen LogP contribution is -2.26. The quantitative estimate of drug-likeness (QED) is 0.845. The lowest BCUT2D eigenvalue weighted by atomic mass is 9.79. The Bertz CT molecular complexity index is 562. The number of phenols is 1. The molecule has 1 fully saturated rings. The van der Waals surface area contributed by atoms with E-state index in [4.69, 9.17) is 0 Å². The monoisotopic (exact) mass is 289 g/mol. The largest absolute Gasteiger partial charge is 0.505 e. The van der Waals surface area contributed by atoms with Crippen molar-refractivity contribution < 1.29 is 9.90 Å². The Morgan fingerprint density at radius 2 is 1.67 bits per heavy atom. The van der Waals surface area contributed by atoms with Crippen LogP contribution in [0.2, 0.25) is 0 Å². The molecule has 0 radical (unpaired) electrons. The Hall–Kier alpha value is -1.51. The number of carbonyl (C=O) groups excluding carboxylic acids is 1. The zero-order valence-electron chi connectivity index (χ0n) is 14.1. The van der Waals surface area contributed by atoms with Crippen LogP contribution in [0, 0.1) is 0 Å². The Morgan fingerprint density at radius 3 is 2.10 bits per heavy atom. The van der Waals surface area contributed by atoms with Gasteiger partial charge in [0.1, 0.15) is 5.75 Å². The minimum Gasteiger partial charge on any atom is -0.505 e. The van der Waals surface area contributed by atoms with Crippen LogP contribution in [0.3, 0.4) is 0 Å². The molecule has 1 aromatic rings. The first-order chi connectivity index (χ1) is 9.51. The zero-order chi connectivity index (χ0) is 16.0. The maximum absolute atomic E-state index is 12.1. The summed E-state index contributed by atoms with van der Waals surface area (Å²) in [6.07, 6.45) is 1.44. The number of anilines is 1. The van der Waals surface area contributed by atoms with E-state index in [9.17, 15) is 9.90 Å². The van der Waals surface area contributed by atoms with Crippen LogP contribution in [0.5, 0.6) is 5.75 Å². The van der Waals surface area contributed by atoms with Gasteiger partial charge in [-0.25, -0.2) is 0 Å². The van der Waals surface area contributed by atoms with Gasteiger partial charge in [0, 0.05) is 18.5 Å². The predicted molar refractivity (Wildman–Crippen MR) is 87.1 cm³/mol. The lowest BCUT2D eigenvalue weighted by Gasteiger charge is -2.29. The first-order valence-electron chi connectivity index (χ1n) is 7.70. The highest BCUT2D eigenvalue weighted by molar-refractivity contribution is 5.97. The van der Waals surface area contributed by atoms with Gasteiger partial charge in [-0.05, 0) is 28.9 Å². The molecule has 1 aliphatic rings. The number of hydrogen-bond acceptors (Lipinski definition) is 2. The third kappa shape index (κ3) is 3.07. The van der Waals surface area contributed by atoms with E-state index < -0.39 is 0 Å². The molecule has 0 unspecified atom stereocenters. The van der Waals surface area contributed by atoms with Gasteiger partial charge < -0.3 is 10.0 Å². The summed E-state index contributed by atoms with van der Waals surface area (Å²) in [5.41, 5.74) is 2.55. The van der Waals surface area contributed by atoms with E-state index >= 15 is 0 Å². The van der Waals surface area contributed by atoms with E-state index in [0.717, 1.165) is 17.5 Å². The molecule has 0 aliphatic carbocycles. The summed E-state index contributed by atoms with van der Waals surface area (Å²) in [5.74, 6) is 0.363. The topological polar surface area (TPSA) is 40.5 Å². The maximum Gasteiger partial charge on any atom is 0.227 e. The van der Waals surface area contributed by atoms with Crippen LogP contribution in [0.15, 0.2) is 12.1 Å². The van der Waals surface area contributed by atoms with E-state index in [2.05, 4.69) is 47.6 Å². The average Bonchev–Trinajstić information content (AvgIpc) is 2.72. The van der Waals surface area contributed by atoms with Gasteiger partial charge in [0.15, 0.2) is 0 Å². The fraction of sp³-hybridized carbons (Fsp3) is 0.611. The molecule has 1 saturated heterocycles. The highest BCUT2D eigenvalue weighted by Crippen LogP contribution is 2.42. The summed E-state index contributed by atoms with van der Waals surface area (Å²) in [4.78, 5) is 13.8. The Morgan fingerprint density at radius 1 is 1.05 bits per heavy atom. The molecule has 1 aromatic carbocycles. The molecule has 116 valence electrons. The second-order valence-electron chi connectivity index (χ2n) is 8.04. The van der Waals surface area contributed by atoms with Gasteiger partial charge in [-0.1, -0.05) is 47.6 Å². The van der Waals surface area contributed by atoms with Crippen molar-refractivity contribution in [1.82, 2.24) is 0 Å². The molecular weight excluding hydrogens is 262 g/mol. The fourth-order valence-electron chi connectivity index (χ4n) is 2.73.